The van der Waals surface area contributed by atoms with Crippen LogP contribution in [0.3, 0.4) is 0 Å². The van der Waals surface area contributed by atoms with Gasteiger partial charge in [0.2, 0.25) is 0 Å². The molecule has 0 radical (unpaired) electrons. The number of methoxy groups -OCH3 is 1. The van der Waals surface area contributed by atoms with Crippen LogP contribution in [0.4, 0.5) is 11.5 Å². The molecule has 0 saturated carbocycles. The Labute approximate surface area is 188 Å². The number of hydrogen-bond acceptors (Lipinski definition) is 4. The first-order valence-electron chi connectivity index (χ1n) is 9.81. The zero-order valence-electron chi connectivity index (χ0n) is 16.8. The van der Waals surface area contributed by atoms with E-state index in [9.17, 15) is 0 Å². The smallest absolute Gasteiger partial charge is 0.150 e. The minimum Gasteiger partial charge on any atom is -0.497 e. The van der Waals surface area contributed by atoms with Crippen LogP contribution in [0.15, 0.2) is 95.9 Å². The second-order valence-electron chi connectivity index (χ2n) is 7.03. The maximum atomic E-state index is 5.27. The summed E-state index contributed by atoms with van der Waals surface area (Å²) in [5, 5.41) is 4.42. The summed E-state index contributed by atoms with van der Waals surface area (Å²) in [6.07, 6.45) is 3.72. The Morgan fingerprint density at radius 3 is 2.32 bits per heavy atom. The summed E-state index contributed by atoms with van der Waals surface area (Å²) in [5.74, 6) is 1.56. The molecule has 0 amide bonds. The van der Waals surface area contributed by atoms with E-state index in [4.69, 9.17) is 4.74 Å². The average Bonchev–Trinajstić information content (AvgIpc) is 3.21. The second kappa shape index (κ2) is 8.24. The van der Waals surface area contributed by atoms with Crippen LogP contribution in [-0.4, -0.2) is 21.6 Å². The largest absolute Gasteiger partial charge is 0.497 e. The normalized spacial score (nSPS) is 10.9. The molecule has 2 aromatic heterocycles. The van der Waals surface area contributed by atoms with Gasteiger partial charge in [0.05, 0.1) is 12.5 Å². The number of nitrogens with zero attached hydrogens (tertiary/aromatic N) is 3. The van der Waals surface area contributed by atoms with Crippen molar-refractivity contribution in [1.82, 2.24) is 14.5 Å². The van der Waals surface area contributed by atoms with E-state index in [0.29, 0.717) is 0 Å². The second-order valence-corrected chi connectivity index (χ2v) is 7.95. The van der Waals surface area contributed by atoms with Crippen LogP contribution in [-0.2, 0) is 0 Å². The number of ether oxygens (including phenoxy) is 1. The highest BCUT2D eigenvalue weighted by molar-refractivity contribution is 9.10. The number of fused-ring (bicyclic) bond motifs is 1. The van der Waals surface area contributed by atoms with E-state index in [1.165, 1.54) is 0 Å². The Morgan fingerprint density at radius 1 is 0.871 bits per heavy atom. The van der Waals surface area contributed by atoms with Crippen LogP contribution < -0.4 is 10.1 Å². The van der Waals surface area contributed by atoms with Crippen molar-refractivity contribution >= 4 is 38.5 Å². The fraction of sp³-hybridized carbons (Fsp3) is 0.0400. The lowest BCUT2D eigenvalue weighted by Gasteiger charge is -2.09. The predicted molar refractivity (Wildman–Crippen MR) is 128 cm³/mol. The fourth-order valence-corrected chi connectivity index (χ4v) is 3.87. The summed E-state index contributed by atoms with van der Waals surface area (Å²) in [4.78, 5) is 9.21. The molecule has 0 fully saturated rings. The molecule has 0 spiro atoms. The molecule has 1 N–H and O–H groups in total. The van der Waals surface area contributed by atoms with Crippen molar-refractivity contribution in [3.05, 3.63) is 95.9 Å². The van der Waals surface area contributed by atoms with Crippen molar-refractivity contribution in [3.63, 3.8) is 0 Å². The molecular formula is C25H19BrN4O. The van der Waals surface area contributed by atoms with Crippen molar-refractivity contribution in [2.75, 3.05) is 12.4 Å². The van der Waals surface area contributed by atoms with Crippen LogP contribution >= 0.6 is 15.9 Å². The van der Waals surface area contributed by atoms with E-state index in [2.05, 4.69) is 66.2 Å². The maximum Gasteiger partial charge on any atom is 0.150 e. The lowest BCUT2D eigenvalue weighted by molar-refractivity contribution is 0.415. The molecule has 0 saturated heterocycles. The molecule has 3 aromatic carbocycles. The van der Waals surface area contributed by atoms with Crippen LogP contribution in [0.2, 0.25) is 0 Å². The summed E-state index contributed by atoms with van der Waals surface area (Å²) >= 11 is 3.51. The molecule has 5 nitrogen and oxygen atoms in total. The van der Waals surface area contributed by atoms with Gasteiger partial charge < -0.3 is 14.6 Å². The van der Waals surface area contributed by atoms with Crippen LogP contribution in [0, 0.1) is 0 Å². The highest BCUT2D eigenvalue weighted by Gasteiger charge is 2.17. The third-order valence-corrected chi connectivity index (χ3v) is 5.65. The summed E-state index contributed by atoms with van der Waals surface area (Å²) < 4.78 is 8.40. The Morgan fingerprint density at radius 2 is 1.61 bits per heavy atom. The summed E-state index contributed by atoms with van der Waals surface area (Å²) in [7, 11) is 1.66. The van der Waals surface area contributed by atoms with Crippen molar-refractivity contribution < 1.29 is 4.74 Å². The number of anilines is 2. The number of hydrogen-bond donors (Lipinski definition) is 1. The Balaban J connectivity index is 1.70. The topological polar surface area (TPSA) is 52.0 Å². The van der Waals surface area contributed by atoms with Crippen LogP contribution in [0.1, 0.15) is 0 Å². The lowest BCUT2D eigenvalue weighted by Crippen LogP contribution is -1.98. The van der Waals surface area contributed by atoms with Crippen LogP contribution in [0.5, 0.6) is 5.75 Å². The van der Waals surface area contributed by atoms with Gasteiger partial charge >= 0.3 is 0 Å². The molecule has 2 heterocycles. The Bertz CT molecular complexity index is 1330. The molecule has 152 valence electrons. The minimum atomic E-state index is 0.755. The van der Waals surface area contributed by atoms with Gasteiger partial charge in [-0.25, -0.2) is 9.97 Å². The van der Waals surface area contributed by atoms with Crippen molar-refractivity contribution in [2.24, 2.45) is 0 Å². The monoisotopic (exact) mass is 470 g/mol. The first kappa shape index (κ1) is 19.3. The first-order chi connectivity index (χ1) is 15.2. The molecule has 0 unspecified atom stereocenters. The van der Waals surface area contributed by atoms with Gasteiger partial charge in [0.25, 0.3) is 0 Å². The minimum absolute atomic E-state index is 0.755. The van der Waals surface area contributed by atoms with Crippen LogP contribution in [0.25, 0.3) is 27.8 Å². The molecule has 0 aliphatic rings. The molecule has 31 heavy (non-hydrogen) atoms. The number of rotatable bonds is 5. The van der Waals surface area contributed by atoms with E-state index in [1.54, 1.807) is 13.4 Å². The molecule has 0 aliphatic heterocycles. The molecule has 6 heteroatoms. The van der Waals surface area contributed by atoms with Gasteiger partial charge in [-0.05, 0) is 54.1 Å². The lowest BCUT2D eigenvalue weighted by atomic mass is 10.1. The van der Waals surface area contributed by atoms with E-state index in [0.717, 1.165) is 49.6 Å². The van der Waals surface area contributed by atoms with Crippen molar-refractivity contribution in [1.29, 1.82) is 0 Å². The fourth-order valence-electron chi connectivity index (χ4n) is 3.60. The molecule has 5 aromatic rings. The Kier molecular flexibility index (Phi) is 5.14. The molecular weight excluding hydrogens is 452 g/mol. The molecule has 0 bridgehead atoms. The highest BCUT2D eigenvalue weighted by Crippen LogP contribution is 2.36. The molecule has 0 aliphatic carbocycles. The van der Waals surface area contributed by atoms with E-state index in [-0.39, 0.29) is 0 Å². The summed E-state index contributed by atoms with van der Waals surface area (Å²) in [6.45, 7) is 0. The van der Waals surface area contributed by atoms with Gasteiger partial charge in [-0.2, -0.15) is 0 Å². The number of benzene rings is 3. The summed E-state index contributed by atoms with van der Waals surface area (Å²) in [5.41, 5.74) is 4.97. The first-order valence-corrected chi connectivity index (χ1v) is 10.6. The third-order valence-electron chi connectivity index (χ3n) is 5.13. The van der Waals surface area contributed by atoms with Gasteiger partial charge in [-0.3, -0.25) is 0 Å². The van der Waals surface area contributed by atoms with Gasteiger partial charge in [-0.15, -0.1) is 0 Å². The molecule has 0 atom stereocenters. The number of halogens is 1. The van der Waals surface area contributed by atoms with Gasteiger partial charge in [-0.1, -0.05) is 46.3 Å². The van der Waals surface area contributed by atoms with Gasteiger partial charge in [0, 0.05) is 27.6 Å². The van der Waals surface area contributed by atoms with E-state index < -0.39 is 0 Å². The average molecular weight is 471 g/mol. The SMILES string of the molecule is COc1ccc(Nc2ncnc3c2c(-c2ccccc2)cn3-c2ccc(Br)cc2)cc1. The molecule has 5 rings (SSSR count). The van der Waals surface area contributed by atoms with Gasteiger partial charge in [0.15, 0.2) is 5.65 Å². The van der Waals surface area contributed by atoms with Crippen molar-refractivity contribution in [2.45, 2.75) is 0 Å². The zero-order valence-corrected chi connectivity index (χ0v) is 18.4. The van der Waals surface area contributed by atoms with E-state index in [1.807, 2.05) is 54.6 Å². The highest BCUT2D eigenvalue weighted by atomic mass is 79.9. The maximum absolute atomic E-state index is 5.27. The third kappa shape index (κ3) is 3.78. The standard InChI is InChI=1S/C25H19BrN4O/c1-31-21-13-9-19(10-14-21)29-24-23-22(17-5-3-2-4-6-17)15-30(25(23)28-16-27-24)20-11-7-18(26)8-12-20/h2-16H,1H3,(H,27,28,29). The quantitative estimate of drug-likeness (QED) is 0.314. The van der Waals surface area contributed by atoms with Gasteiger partial charge in [0.1, 0.15) is 17.9 Å². The zero-order chi connectivity index (χ0) is 21.2. The van der Waals surface area contributed by atoms with Crippen molar-refractivity contribution in [3.8, 4) is 22.6 Å². The summed E-state index contributed by atoms with van der Waals surface area (Å²) in [6, 6.07) is 26.3. The Hall–Kier alpha value is -3.64. The predicted octanol–water partition coefficient (Wildman–Crippen LogP) is 6.60. The van der Waals surface area contributed by atoms with E-state index >= 15 is 0 Å². The number of aromatic nitrogens is 3. The number of nitrogens with one attached hydrogen (secondary N) is 1.